The molecule has 0 bridgehead atoms. The van der Waals surface area contributed by atoms with Crippen molar-refractivity contribution in [2.75, 3.05) is 31.1 Å². The van der Waals surface area contributed by atoms with Gasteiger partial charge in [0.05, 0.1) is 0 Å². The molecule has 0 saturated carbocycles. The average Bonchev–Trinajstić information content (AvgIpc) is 3.04. The smallest absolute Gasteiger partial charge is 0.264 e. The number of H-pyrrole nitrogens is 1. The van der Waals surface area contributed by atoms with Crippen LogP contribution in [-0.2, 0) is 4.89 Å². The van der Waals surface area contributed by atoms with Crippen molar-refractivity contribution in [1.82, 2.24) is 15.1 Å². The first kappa shape index (κ1) is 18.7. The van der Waals surface area contributed by atoms with E-state index in [1.807, 2.05) is 18.2 Å². The van der Waals surface area contributed by atoms with Gasteiger partial charge in [0.1, 0.15) is 4.64 Å². The van der Waals surface area contributed by atoms with E-state index in [1.54, 1.807) is 6.08 Å². The second kappa shape index (κ2) is 8.54. The summed E-state index contributed by atoms with van der Waals surface area (Å²) in [5, 5.41) is 14.8. The number of rotatable bonds is 5. The van der Waals surface area contributed by atoms with Gasteiger partial charge in [0.2, 0.25) is 0 Å². The fourth-order valence-electron chi connectivity index (χ4n) is 2.80. The van der Waals surface area contributed by atoms with Crippen molar-refractivity contribution < 1.29 is 10.1 Å². The van der Waals surface area contributed by atoms with Crippen LogP contribution in [-0.4, -0.2) is 41.2 Å². The van der Waals surface area contributed by atoms with Crippen LogP contribution in [0, 0.1) is 11.2 Å². The topological polar surface area (TPSA) is 69.8 Å². The van der Waals surface area contributed by atoms with Crippen molar-refractivity contribution in [1.29, 1.82) is 0 Å². The van der Waals surface area contributed by atoms with Crippen molar-refractivity contribution in [3.05, 3.63) is 63.8 Å². The predicted octanol–water partition coefficient (Wildman–Crippen LogP) is 3.75. The Morgan fingerprint density at radius 3 is 2.63 bits per heavy atom. The van der Waals surface area contributed by atoms with Gasteiger partial charge in [-0.2, -0.15) is 4.68 Å². The zero-order chi connectivity index (χ0) is 19.2. The molecule has 2 aromatic rings. The second-order valence-electron chi connectivity index (χ2n) is 5.90. The average molecular weight is 381 g/mol. The van der Waals surface area contributed by atoms with Crippen LogP contribution >= 0.6 is 12.2 Å². The normalized spacial score (nSPS) is 13.4. The molecule has 1 aromatic carbocycles. The molecule has 0 aliphatic carbocycles. The van der Waals surface area contributed by atoms with E-state index in [0.717, 1.165) is 31.7 Å². The SMILES string of the molecule is [C-]#[N+]c1[nH]n(C(=C)OO)c(=S)c1C=C=Cc1ccc(N2CCNCC2)cc1. The van der Waals surface area contributed by atoms with E-state index in [2.05, 4.69) is 49.5 Å². The van der Waals surface area contributed by atoms with E-state index in [4.69, 9.17) is 24.0 Å². The van der Waals surface area contributed by atoms with E-state index < -0.39 is 0 Å². The van der Waals surface area contributed by atoms with E-state index >= 15 is 0 Å². The van der Waals surface area contributed by atoms with Crippen LogP contribution in [0.2, 0.25) is 0 Å². The Labute approximate surface area is 162 Å². The summed E-state index contributed by atoms with van der Waals surface area (Å²) in [6.45, 7) is 14.8. The molecule has 1 aliphatic rings. The van der Waals surface area contributed by atoms with E-state index in [0.29, 0.717) is 5.56 Å². The van der Waals surface area contributed by atoms with Gasteiger partial charge in [0, 0.05) is 37.4 Å². The van der Waals surface area contributed by atoms with Gasteiger partial charge in [0.25, 0.3) is 11.7 Å². The van der Waals surface area contributed by atoms with E-state index in [-0.39, 0.29) is 16.3 Å². The highest BCUT2D eigenvalue weighted by atomic mass is 32.1. The van der Waals surface area contributed by atoms with Crippen LogP contribution in [0.1, 0.15) is 11.1 Å². The number of benzene rings is 1. The number of hydrogen-bond donors (Lipinski definition) is 3. The zero-order valence-corrected chi connectivity index (χ0v) is 15.4. The van der Waals surface area contributed by atoms with Gasteiger partial charge in [-0.05, 0) is 36.4 Å². The highest BCUT2D eigenvalue weighted by molar-refractivity contribution is 7.71. The lowest BCUT2D eigenvalue weighted by Gasteiger charge is -2.29. The van der Waals surface area contributed by atoms with Gasteiger partial charge in [-0.15, -0.1) is 5.73 Å². The molecular weight excluding hydrogens is 362 g/mol. The molecule has 0 amide bonds. The largest absolute Gasteiger partial charge is 0.369 e. The van der Waals surface area contributed by atoms with Crippen LogP contribution < -0.4 is 10.2 Å². The van der Waals surface area contributed by atoms with Crippen molar-refractivity contribution in [3.8, 4) is 0 Å². The third-order valence-electron chi connectivity index (χ3n) is 4.23. The third kappa shape index (κ3) is 4.19. The number of aromatic nitrogens is 2. The molecule has 138 valence electrons. The minimum Gasteiger partial charge on any atom is -0.369 e. The Kier molecular flexibility index (Phi) is 5.91. The predicted molar refractivity (Wildman–Crippen MR) is 109 cm³/mol. The summed E-state index contributed by atoms with van der Waals surface area (Å²) < 4.78 is 1.49. The Balaban J connectivity index is 1.81. The summed E-state index contributed by atoms with van der Waals surface area (Å²) in [6.07, 6.45) is 3.44. The van der Waals surface area contributed by atoms with Crippen LogP contribution in [0.4, 0.5) is 11.5 Å². The van der Waals surface area contributed by atoms with Crippen molar-refractivity contribution in [2.45, 2.75) is 0 Å². The van der Waals surface area contributed by atoms with E-state index in [9.17, 15) is 0 Å². The Hall–Kier alpha value is -3.08. The van der Waals surface area contributed by atoms with Crippen molar-refractivity contribution in [2.24, 2.45) is 0 Å². The lowest BCUT2D eigenvalue weighted by atomic mass is 10.1. The summed E-state index contributed by atoms with van der Waals surface area (Å²) in [6, 6.07) is 8.24. The van der Waals surface area contributed by atoms with Gasteiger partial charge in [-0.1, -0.05) is 30.9 Å². The van der Waals surface area contributed by atoms with Crippen LogP contribution in [0.5, 0.6) is 0 Å². The number of hydrogen-bond acceptors (Lipinski definition) is 5. The number of aromatic amines is 1. The lowest BCUT2D eigenvalue weighted by Crippen LogP contribution is -2.43. The second-order valence-corrected chi connectivity index (χ2v) is 6.28. The first-order valence-corrected chi connectivity index (χ1v) is 8.76. The Bertz CT molecular complexity index is 985. The molecule has 0 spiro atoms. The summed E-state index contributed by atoms with van der Waals surface area (Å²) >= 11 is 5.28. The van der Waals surface area contributed by atoms with Gasteiger partial charge in [0.15, 0.2) is 0 Å². The molecule has 1 aromatic heterocycles. The summed E-state index contributed by atoms with van der Waals surface area (Å²) in [7, 11) is 0. The maximum Gasteiger partial charge on any atom is 0.264 e. The number of nitrogens with zero attached hydrogens (tertiary/aromatic N) is 3. The molecule has 0 atom stereocenters. The monoisotopic (exact) mass is 381 g/mol. The molecule has 1 fully saturated rings. The molecule has 0 radical (unpaired) electrons. The molecule has 7 nitrogen and oxygen atoms in total. The third-order valence-corrected chi connectivity index (χ3v) is 4.63. The van der Waals surface area contributed by atoms with Crippen molar-refractivity contribution in [3.63, 3.8) is 0 Å². The van der Waals surface area contributed by atoms with Crippen molar-refractivity contribution >= 4 is 41.8 Å². The number of anilines is 1. The molecular formula is C19H19N5O2S. The molecule has 1 aliphatic heterocycles. The van der Waals surface area contributed by atoms with Gasteiger partial charge in [-0.3, -0.25) is 0 Å². The van der Waals surface area contributed by atoms with Crippen LogP contribution in [0.25, 0.3) is 22.9 Å². The fourth-order valence-corrected chi connectivity index (χ4v) is 3.10. The molecule has 27 heavy (non-hydrogen) atoms. The van der Waals surface area contributed by atoms with E-state index in [1.165, 1.54) is 10.4 Å². The summed E-state index contributed by atoms with van der Waals surface area (Å²) in [5.74, 6) is 0.102. The molecule has 3 N–H and O–H groups in total. The fraction of sp³-hybridized carbons (Fsp3) is 0.211. The van der Waals surface area contributed by atoms with Gasteiger partial charge in [-0.25, -0.2) is 10.4 Å². The minimum absolute atomic E-state index is 0.114. The molecule has 1 saturated heterocycles. The molecule has 0 unspecified atom stereocenters. The highest BCUT2D eigenvalue weighted by Crippen LogP contribution is 2.22. The first-order valence-electron chi connectivity index (χ1n) is 8.35. The summed E-state index contributed by atoms with van der Waals surface area (Å²) in [5.41, 5.74) is 5.73. The van der Waals surface area contributed by atoms with Crippen LogP contribution in [0.15, 0.2) is 36.6 Å². The number of nitrogens with one attached hydrogen (secondary N) is 2. The Morgan fingerprint density at radius 2 is 2.00 bits per heavy atom. The highest BCUT2D eigenvalue weighted by Gasteiger charge is 2.12. The number of piperazine rings is 1. The Morgan fingerprint density at radius 1 is 1.30 bits per heavy atom. The van der Waals surface area contributed by atoms with Gasteiger partial charge < -0.3 is 19.9 Å². The maximum absolute atomic E-state index is 8.72. The minimum atomic E-state index is -0.114. The first-order chi connectivity index (χ1) is 13.1. The maximum atomic E-state index is 8.72. The quantitative estimate of drug-likeness (QED) is 0.184. The standard InChI is InChI=1S/C19H19N5O2S/c1-14(26-25)24-19(27)17(18(20-2)22-24)5-3-4-15-6-8-16(9-7-15)23-12-10-21-11-13-23/h4-9,21-22,25H,1,10-13H2. The lowest BCUT2D eigenvalue weighted by molar-refractivity contribution is -0.176. The van der Waals surface area contributed by atoms with Crippen LogP contribution in [0.3, 0.4) is 0 Å². The molecule has 2 heterocycles. The molecule has 3 rings (SSSR count). The molecule has 8 heteroatoms. The summed E-state index contributed by atoms with van der Waals surface area (Å²) in [4.78, 5) is 9.82. The zero-order valence-electron chi connectivity index (χ0n) is 14.6. The van der Waals surface area contributed by atoms with Gasteiger partial charge >= 0.3 is 0 Å².